The first-order chi connectivity index (χ1) is 9.53. The number of carbonyl (C=O) groups excluding carboxylic acids is 2. The lowest BCUT2D eigenvalue weighted by Crippen LogP contribution is -2.41. The normalized spacial score (nSPS) is 11.6. The summed E-state index contributed by atoms with van der Waals surface area (Å²) in [6.45, 7) is 1.92. The minimum atomic E-state index is -0.652. The molecule has 110 valence electrons. The molecule has 1 rings (SSSR count). The Labute approximate surface area is 118 Å². The van der Waals surface area contributed by atoms with Gasteiger partial charge in [0.2, 0.25) is 0 Å². The number of anilines is 1. The summed E-state index contributed by atoms with van der Waals surface area (Å²) in [7, 11) is 2.77. The molecule has 0 saturated carbocycles. The second-order valence-electron chi connectivity index (χ2n) is 4.29. The second-order valence-corrected chi connectivity index (χ2v) is 4.29. The Morgan fingerprint density at radius 1 is 1.35 bits per heavy atom. The van der Waals surface area contributed by atoms with E-state index in [9.17, 15) is 9.59 Å². The second kappa shape index (κ2) is 7.37. The van der Waals surface area contributed by atoms with E-state index in [0.29, 0.717) is 23.4 Å². The number of hydrogen-bond acceptors (Lipinski definition) is 5. The highest BCUT2D eigenvalue weighted by Crippen LogP contribution is 2.22. The number of carbonyl (C=O) groups is 2. The van der Waals surface area contributed by atoms with Crippen molar-refractivity contribution in [1.29, 1.82) is 0 Å². The van der Waals surface area contributed by atoms with Gasteiger partial charge in [-0.3, -0.25) is 4.79 Å². The van der Waals surface area contributed by atoms with Crippen LogP contribution in [0.3, 0.4) is 0 Å². The van der Waals surface area contributed by atoms with Crippen molar-refractivity contribution in [3.8, 4) is 5.75 Å². The van der Waals surface area contributed by atoms with Gasteiger partial charge in [-0.15, -0.1) is 0 Å². The van der Waals surface area contributed by atoms with Crippen molar-refractivity contribution in [2.24, 2.45) is 0 Å². The lowest BCUT2D eigenvalue weighted by atomic mass is 10.1. The molecule has 1 atom stereocenters. The predicted octanol–water partition coefficient (Wildman–Crippen LogP) is 1.35. The third-order valence-corrected chi connectivity index (χ3v) is 2.86. The number of nitrogen functional groups attached to an aromatic ring is 1. The predicted molar refractivity (Wildman–Crippen MR) is 75.6 cm³/mol. The van der Waals surface area contributed by atoms with E-state index in [-0.39, 0.29) is 5.91 Å². The van der Waals surface area contributed by atoms with Crippen LogP contribution in [0.5, 0.6) is 5.75 Å². The lowest BCUT2D eigenvalue weighted by Gasteiger charge is -2.16. The zero-order chi connectivity index (χ0) is 15.1. The summed E-state index contributed by atoms with van der Waals surface area (Å²) in [5, 5.41) is 2.65. The van der Waals surface area contributed by atoms with Crippen molar-refractivity contribution in [2.75, 3.05) is 20.0 Å². The maximum atomic E-state index is 12.1. The van der Waals surface area contributed by atoms with Gasteiger partial charge in [-0.25, -0.2) is 4.79 Å². The lowest BCUT2D eigenvalue weighted by molar-refractivity contribution is -0.143. The molecule has 6 nitrogen and oxygen atoms in total. The summed E-state index contributed by atoms with van der Waals surface area (Å²) < 4.78 is 9.73. The first-order valence-corrected chi connectivity index (χ1v) is 6.35. The summed E-state index contributed by atoms with van der Waals surface area (Å²) in [5.74, 6) is -0.405. The van der Waals surface area contributed by atoms with Crippen LogP contribution in [0.25, 0.3) is 0 Å². The number of rotatable bonds is 6. The minimum Gasteiger partial charge on any atom is -0.495 e. The number of hydrogen-bond donors (Lipinski definition) is 2. The van der Waals surface area contributed by atoms with Crippen LogP contribution in [0.15, 0.2) is 18.2 Å². The zero-order valence-electron chi connectivity index (χ0n) is 11.9. The molecule has 0 saturated heterocycles. The molecule has 0 heterocycles. The van der Waals surface area contributed by atoms with Crippen LogP contribution in [0.2, 0.25) is 0 Å². The molecule has 6 heteroatoms. The van der Waals surface area contributed by atoms with Gasteiger partial charge >= 0.3 is 5.97 Å². The number of methoxy groups -OCH3 is 2. The molecule has 0 radical (unpaired) electrons. The van der Waals surface area contributed by atoms with Crippen LogP contribution in [0.1, 0.15) is 30.1 Å². The van der Waals surface area contributed by atoms with E-state index >= 15 is 0 Å². The largest absolute Gasteiger partial charge is 0.495 e. The standard InChI is InChI=1S/C14H20N2O4/c1-4-5-11(14(18)20-3)16-13(17)9-6-7-10(15)12(8-9)19-2/h6-8,11H,4-5,15H2,1-3H3,(H,16,17)/t11-/m1/s1. The van der Waals surface area contributed by atoms with E-state index in [2.05, 4.69) is 10.1 Å². The molecule has 3 N–H and O–H groups in total. The van der Waals surface area contributed by atoms with Gasteiger partial charge in [0, 0.05) is 5.56 Å². The molecule has 20 heavy (non-hydrogen) atoms. The van der Waals surface area contributed by atoms with Crippen LogP contribution >= 0.6 is 0 Å². The van der Waals surface area contributed by atoms with Gasteiger partial charge in [-0.2, -0.15) is 0 Å². The Morgan fingerprint density at radius 2 is 2.05 bits per heavy atom. The fourth-order valence-corrected chi connectivity index (χ4v) is 1.77. The average molecular weight is 280 g/mol. The summed E-state index contributed by atoms with van der Waals surface area (Å²) in [6.07, 6.45) is 1.27. The third-order valence-electron chi connectivity index (χ3n) is 2.86. The number of nitrogens with two attached hydrogens (primary N) is 1. The van der Waals surface area contributed by atoms with E-state index in [1.165, 1.54) is 20.3 Å². The Bertz CT molecular complexity index is 488. The van der Waals surface area contributed by atoms with Gasteiger partial charge < -0.3 is 20.5 Å². The van der Waals surface area contributed by atoms with Crippen LogP contribution in [-0.2, 0) is 9.53 Å². The molecule has 0 aliphatic heterocycles. The molecule has 0 aromatic heterocycles. The minimum absolute atomic E-state index is 0.368. The zero-order valence-corrected chi connectivity index (χ0v) is 11.9. The van der Waals surface area contributed by atoms with Gasteiger partial charge in [0.05, 0.1) is 19.9 Å². The Morgan fingerprint density at radius 3 is 2.60 bits per heavy atom. The van der Waals surface area contributed by atoms with Crippen molar-refractivity contribution in [3.63, 3.8) is 0 Å². The van der Waals surface area contributed by atoms with Crippen LogP contribution in [0, 0.1) is 0 Å². The topological polar surface area (TPSA) is 90.7 Å². The van der Waals surface area contributed by atoms with E-state index in [1.807, 2.05) is 6.92 Å². The molecule has 0 bridgehead atoms. The van der Waals surface area contributed by atoms with E-state index < -0.39 is 12.0 Å². The average Bonchev–Trinajstić information content (AvgIpc) is 2.46. The van der Waals surface area contributed by atoms with E-state index in [1.54, 1.807) is 12.1 Å². The molecular weight excluding hydrogens is 260 g/mol. The fourth-order valence-electron chi connectivity index (χ4n) is 1.77. The Kier molecular flexibility index (Phi) is 5.83. The van der Waals surface area contributed by atoms with E-state index in [4.69, 9.17) is 10.5 Å². The fraction of sp³-hybridized carbons (Fsp3) is 0.429. The number of amides is 1. The summed E-state index contributed by atoms with van der Waals surface area (Å²) >= 11 is 0. The molecule has 0 aliphatic rings. The molecule has 0 aliphatic carbocycles. The van der Waals surface area contributed by atoms with Crippen LogP contribution in [-0.4, -0.2) is 32.1 Å². The van der Waals surface area contributed by atoms with Gasteiger partial charge in [-0.05, 0) is 24.6 Å². The first kappa shape index (κ1) is 15.8. The van der Waals surface area contributed by atoms with Crippen LogP contribution in [0.4, 0.5) is 5.69 Å². The molecule has 1 aromatic carbocycles. The molecule has 0 fully saturated rings. The SMILES string of the molecule is CCC[C@@H](NC(=O)c1ccc(N)c(OC)c1)C(=O)OC. The van der Waals surface area contributed by atoms with Crippen molar-refractivity contribution in [2.45, 2.75) is 25.8 Å². The number of esters is 1. The van der Waals surface area contributed by atoms with Crippen molar-refractivity contribution in [1.82, 2.24) is 5.32 Å². The van der Waals surface area contributed by atoms with Gasteiger partial charge in [0.1, 0.15) is 11.8 Å². The smallest absolute Gasteiger partial charge is 0.328 e. The highest BCUT2D eigenvalue weighted by atomic mass is 16.5. The Balaban J connectivity index is 2.86. The number of benzene rings is 1. The molecule has 1 aromatic rings. The molecular formula is C14H20N2O4. The van der Waals surface area contributed by atoms with Crippen molar-refractivity contribution >= 4 is 17.6 Å². The van der Waals surface area contributed by atoms with Crippen molar-refractivity contribution in [3.05, 3.63) is 23.8 Å². The molecule has 0 unspecified atom stereocenters. The maximum Gasteiger partial charge on any atom is 0.328 e. The van der Waals surface area contributed by atoms with E-state index in [0.717, 1.165) is 6.42 Å². The highest BCUT2D eigenvalue weighted by molar-refractivity contribution is 5.97. The number of nitrogens with one attached hydrogen (secondary N) is 1. The number of ether oxygens (including phenoxy) is 2. The monoisotopic (exact) mass is 280 g/mol. The van der Waals surface area contributed by atoms with Gasteiger partial charge in [0.15, 0.2) is 0 Å². The van der Waals surface area contributed by atoms with Crippen LogP contribution < -0.4 is 15.8 Å². The van der Waals surface area contributed by atoms with Gasteiger partial charge in [0.25, 0.3) is 5.91 Å². The molecule has 0 spiro atoms. The summed E-state index contributed by atoms with van der Waals surface area (Å²) in [4.78, 5) is 23.7. The first-order valence-electron chi connectivity index (χ1n) is 6.35. The summed E-state index contributed by atoms with van der Waals surface area (Å²) in [5.41, 5.74) is 6.51. The van der Waals surface area contributed by atoms with Crippen molar-refractivity contribution < 1.29 is 19.1 Å². The highest BCUT2D eigenvalue weighted by Gasteiger charge is 2.21. The third kappa shape index (κ3) is 3.88. The summed E-state index contributed by atoms with van der Waals surface area (Å²) in [6, 6.07) is 4.04. The Hall–Kier alpha value is -2.24. The quantitative estimate of drug-likeness (QED) is 0.606. The van der Waals surface area contributed by atoms with Gasteiger partial charge in [-0.1, -0.05) is 13.3 Å². The maximum absolute atomic E-state index is 12.1. The molecule has 1 amide bonds.